The van der Waals surface area contributed by atoms with E-state index in [0.29, 0.717) is 23.1 Å². The monoisotopic (exact) mass is 413 g/mol. The van der Waals surface area contributed by atoms with E-state index in [4.69, 9.17) is 10.00 Å². The third-order valence-electron chi connectivity index (χ3n) is 4.94. The van der Waals surface area contributed by atoms with Crippen LogP contribution < -0.4 is 0 Å². The number of hydrogen-bond donors (Lipinski definition) is 0. The third kappa shape index (κ3) is 4.86. The van der Waals surface area contributed by atoms with Crippen molar-refractivity contribution in [2.75, 3.05) is 20.3 Å². The van der Waals surface area contributed by atoms with Crippen molar-refractivity contribution >= 4 is 28.7 Å². The number of nitrogens with zero attached hydrogens (tertiary/aromatic N) is 3. The first kappa shape index (κ1) is 21.5. The maximum atomic E-state index is 13.5. The third-order valence-corrected chi connectivity index (χ3v) is 4.94. The van der Waals surface area contributed by atoms with E-state index < -0.39 is 30.8 Å². The maximum Gasteiger partial charge on any atom is 0.268 e. The van der Waals surface area contributed by atoms with Crippen molar-refractivity contribution in [2.45, 2.75) is 31.2 Å². The van der Waals surface area contributed by atoms with Crippen molar-refractivity contribution in [1.29, 1.82) is 5.26 Å². The van der Waals surface area contributed by atoms with Crippen LogP contribution in [0.4, 0.5) is 8.78 Å². The Labute approximate surface area is 172 Å². The highest BCUT2D eigenvalue weighted by Crippen LogP contribution is 2.32. The first-order valence-corrected chi connectivity index (χ1v) is 9.49. The fourth-order valence-corrected chi connectivity index (χ4v) is 3.48. The van der Waals surface area contributed by atoms with E-state index in [0.717, 1.165) is 10.5 Å². The molecule has 156 valence electrons. The molecule has 6 nitrogen and oxygen atoms in total. The Morgan fingerprint density at radius 1 is 1.37 bits per heavy atom. The second kappa shape index (κ2) is 9.09. The van der Waals surface area contributed by atoms with Crippen LogP contribution in [0, 0.1) is 11.3 Å². The Bertz CT molecular complexity index is 1030. The summed E-state index contributed by atoms with van der Waals surface area (Å²) in [7, 11) is 1.59. The molecule has 0 aliphatic carbocycles. The van der Waals surface area contributed by atoms with Gasteiger partial charge in [0.1, 0.15) is 6.04 Å². The normalized spacial score (nSPS) is 18.1. The molecular weight excluding hydrogens is 392 g/mol. The highest BCUT2D eigenvalue weighted by molar-refractivity contribution is 6.08. The number of hydrogen-bond acceptors (Lipinski definition) is 5. The van der Waals surface area contributed by atoms with Gasteiger partial charge >= 0.3 is 0 Å². The number of nitriles is 1. The Morgan fingerprint density at radius 3 is 2.90 bits per heavy atom. The van der Waals surface area contributed by atoms with Gasteiger partial charge in [0.15, 0.2) is 5.78 Å². The van der Waals surface area contributed by atoms with Gasteiger partial charge in [-0.25, -0.2) is 8.78 Å². The zero-order chi connectivity index (χ0) is 21.7. The molecule has 2 aromatic rings. The van der Waals surface area contributed by atoms with E-state index in [2.05, 4.69) is 4.98 Å². The number of amides is 1. The predicted octanol–water partition coefficient (Wildman–Crippen LogP) is 3.62. The van der Waals surface area contributed by atoms with Crippen LogP contribution in [-0.4, -0.2) is 53.8 Å². The van der Waals surface area contributed by atoms with Crippen molar-refractivity contribution in [1.82, 2.24) is 9.88 Å². The van der Waals surface area contributed by atoms with E-state index in [1.165, 1.54) is 6.20 Å². The van der Waals surface area contributed by atoms with Gasteiger partial charge in [-0.3, -0.25) is 14.6 Å². The molecule has 0 spiro atoms. The van der Waals surface area contributed by atoms with Gasteiger partial charge in [0, 0.05) is 43.5 Å². The van der Waals surface area contributed by atoms with Gasteiger partial charge in [0.2, 0.25) is 5.91 Å². The lowest BCUT2D eigenvalue weighted by molar-refractivity contribution is -0.132. The number of ketones is 1. The molecular formula is C22H21F2N3O3. The van der Waals surface area contributed by atoms with Crippen molar-refractivity contribution < 1.29 is 23.1 Å². The van der Waals surface area contributed by atoms with Crippen LogP contribution in [0.2, 0.25) is 0 Å². The molecule has 0 unspecified atom stereocenters. The molecule has 30 heavy (non-hydrogen) atoms. The van der Waals surface area contributed by atoms with Gasteiger partial charge < -0.3 is 9.64 Å². The molecule has 0 bridgehead atoms. The molecule has 1 aliphatic rings. The first-order valence-electron chi connectivity index (χ1n) is 9.49. The van der Waals surface area contributed by atoms with Gasteiger partial charge in [-0.05, 0) is 23.8 Å². The summed E-state index contributed by atoms with van der Waals surface area (Å²) in [5.74, 6) is -3.98. The summed E-state index contributed by atoms with van der Waals surface area (Å²) in [6.07, 6.45) is 4.19. The van der Waals surface area contributed by atoms with E-state index in [1.54, 1.807) is 25.3 Å². The number of methoxy groups -OCH3 is 1. The van der Waals surface area contributed by atoms with E-state index in [9.17, 15) is 18.4 Å². The quantitative estimate of drug-likeness (QED) is 0.648. The molecule has 1 saturated heterocycles. The lowest BCUT2D eigenvalue weighted by atomic mass is 10.00. The van der Waals surface area contributed by atoms with E-state index >= 15 is 0 Å². The molecule has 0 saturated carbocycles. The molecule has 8 heteroatoms. The molecule has 2 heterocycles. The van der Waals surface area contributed by atoms with Gasteiger partial charge in [-0.1, -0.05) is 18.2 Å². The van der Waals surface area contributed by atoms with E-state index in [1.807, 2.05) is 24.3 Å². The molecule has 1 atom stereocenters. The molecule has 1 aromatic heterocycles. The highest BCUT2D eigenvalue weighted by Gasteiger charge is 2.47. The Morgan fingerprint density at radius 2 is 2.17 bits per heavy atom. The molecule has 1 amide bonds. The minimum Gasteiger partial charge on any atom is -0.381 e. The van der Waals surface area contributed by atoms with E-state index in [-0.39, 0.29) is 18.6 Å². The smallest absolute Gasteiger partial charge is 0.268 e. The summed E-state index contributed by atoms with van der Waals surface area (Å²) in [6.45, 7) is -0.328. The topological polar surface area (TPSA) is 83.3 Å². The fourth-order valence-electron chi connectivity index (χ4n) is 3.48. The standard InChI is InChI=1S/C22H21F2N3O3/c1-30-10-2-3-15-4-5-19-18(11-15)17(8-9-26-19)20(28)6-7-21(29)27-14-22(23,24)12-16(27)13-25/h2-5,8-9,11,16H,6-7,10,12,14H2,1H3/b3-2+/t16-/m0/s1. The van der Waals surface area contributed by atoms with Crippen LogP contribution in [-0.2, 0) is 9.53 Å². The second-order valence-electron chi connectivity index (χ2n) is 7.14. The van der Waals surface area contributed by atoms with Crippen LogP contribution in [0.5, 0.6) is 0 Å². The number of benzene rings is 1. The van der Waals surface area contributed by atoms with Crippen molar-refractivity contribution in [2.24, 2.45) is 0 Å². The number of likely N-dealkylation sites (tertiary alicyclic amines) is 1. The lowest BCUT2D eigenvalue weighted by Crippen LogP contribution is -2.36. The SMILES string of the molecule is COC/C=C/c1ccc2nccc(C(=O)CCC(=O)N3CC(F)(F)C[C@H]3C#N)c2c1. The fraction of sp³-hybridized carbons (Fsp3) is 0.364. The first-order chi connectivity index (χ1) is 14.3. The molecule has 0 N–H and O–H groups in total. The summed E-state index contributed by atoms with van der Waals surface area (Å²) >= 11 is 0. The van der Waals surface area contributed by atoms with Crippen molar-refractivity contribution in [3.05, 3.63) is 47.7 Å². The number of halogens is 2. The highest BCUT2D eigenvalue weighted by atomic mass is 19.3. The zero-order valence-electron chi connectivity index (χ0n) is 16.5. The van der Waals surface area contributed by atoms with Crippen LogP contribution in [0.3, 0.4) is 0 Å². The number of carbonyl (C=O) groups excluding carboxylic acids is 2. The Kier molecular flexibility index (Phi) is 6.53. The minimum absolute atomic E-state index is 0.137. The Balaban J connectivity index is 1.74. The number of fused-ring (bicyclic) bond motifs is 1. The largest absolute Gasteiger partial charge is 0.381 e. The number of alkyl halides is 2. The summed E-state index contributed by atoms with van der Waals surface area (Å²) in [4.78, 5) is 30.3. The molecule has 1 fully saturated rings. The number of carbonyl (C=O) groups is 2. The average Bonchev–Trinajstić information content (AvgIpc) is 3.06. The molecule has 0 radical (unpaired) electrons. The minimum atomic E-state index is -3.08. The predicted molar refractivity (Wildman–Crippen MR) is 107 cm³/mol. The molecule has 1 aromatic carbocycles. The van der Waals surface area contributed by atoms with Crippen LogP contribution >= 0.6 is 0 Å². The maximum absolute atomic E-state index is 13.5. The Hall–Kier alpha value is -3.18. The van der Waals surface area contributed by atoms with Gasteiger partial charge in [-0.15, -0.1) is 0 Å². The van der Waals surface area contributed by atoms with Crippen LogP contribution in [0.15, 0.2) is 36.5 Å². The van der Waals surface area contributed by atoms with Gasteiger partial charge in [0.05, 0.1) is 24.7 Å². The number of rotatable bonds is 7. The number of aromatic nitrogens is 1. The van der Waals surface area contributed by atoms with Crippen molar-refractivity contribution in [3.8, 4) is 6.07 Å². The average molecular weight is 413 g/mol. The van der Waals surface area contributed by atoms with Crippen molar-refractivity contribution in [3.63, 3.8) is 0 Å². The number of ether oxygens (including phenoxy) is 1. The van der Waals surface area contributed by atoms with Crippen LogP contribution in [0.1, 0.15) is 35.2 Å². The summed E-state index contributed by atoms with van der Waals surface area (Å²) in [5.41, 5.74) is 1.92. The van der Waals surface area contributed by atoms with Gasteiger partial charge in [-0.2, -0.15) is 5.26 Å². The van der Waals surface area contributed by atoms with Crippen LogP contribution in [0.25, 0.3) is 17.0 Å². The lowest BCUT2D eigenvalue weighted by Gasteiger charge is -2.18. The number of Topliss-reactive ketones (excluding diaryl/α,β-unsaturated/α-hetero) is 1. The molecule has 1 aliphatic heterocycles. The summed E-state index contributed by atoms with van der Waals surface area (Å²) < 4.78 is 32.1. The zero-order valence-corrected chi connectivity index (χ0v) is 16.5. The second-order valence-corrected chi connectivity index (χ2v) is 7.14. The summed E-state index contributed by atoms with van der Waals surface area (Å²) in [5, 5.41) is 9.68. The summed E-state index contributed by atoms with van der Waals surface area (Å²) in [6, 6.07) is 7.66. The van der Waals surface area contributed by atoms with Gasteiger partial charge in [0.25, 0.3) is 5.92 Å². The number of pyridine rings is 1. The molecule has 3 rings (SSSR count).